The zero-order chi connectivity index (χ0) is 21.6. The number of benzene rings is 2. The molecular formula is C20H19ClN2O6. The van der Waals surface area contributed by atoms with Gasteiger partial charge in [0, 0.05) is 23.7 Å². The van der Waals surface area contributed by atoms with Crippen LogP contribution in [0.5, 0.6) is 0 Å². The molecule has 0 aromatic heterocycles. The van der Waals surface area contributed by atoms with Gasteiger partial charge in [-0.05, 0) is 43.2 Å². The van der Waals surface area contributed by atoms with Gasteiger partial charge in [0.2, 0.25) is 11.7 Å². The Morgan fingerprint density at radius 2 is 1.83 bits per heavy atom. The highest BCUT2D eigenvalue weighted by molar-refractivity contribution is 6.32. The van der Waals surface area contributed by atoms with Crippen LogP contribution in [0.15, 0.2) is 36.4 Å². The molecule has 0 aliphatic heterocycles. The molecule has 152 valence electrons. The largest absolute Gasteiger partial charge is 0.457 e. The maximum absolute atomic E-state index is 12.1. The van der Waals surface area contributed by atoms with Crippen LogP contribution in [0, 0.1) is 24.0 Å². The van der Waals surface area contributed by atoms with E-state index in [1.807, 2.05) is 32.0 Å². The number of nitro groups is 1. The van der Waals surface area contributed by atoms with E-state index in [0.717, 1.165) is 17.2 Å². The van der Waals surface area contributed by atoms with Crippen LogP contribution in [0.4, 0.5) is 11.4 Å². The molecule has 0 aliphatic carbocycles. The van der Waals surface area contributed by atoms with E-state index in [1.54, 1.807) is 0 Å². The second-order valence-electron chi connectivity index (χ2n) is 6.37. The molecule has 9 heteroatoms. The summed E-state index contributed by atoms with van der Waals surface area (Å²) >= 11 is 5.69. The van der Waals surface area contributed by atoms with Crippen molar-refractivity contribution in [2.45, 2.75) is 26.7 Å². The number of ketones is 1. The third kappa shape index (κ3) is 6.39. The molecule has 0 atom stereocenters. The highest BCUT2D eigenvalue weighted by atomic mass is 35.5. The number of ether oxygens (including phenoxy) is 1. The molecule has 0 spiro atoms. The number of rotatable bonds is 8. The number of anilines is 1. The molecular weight excluding hydrogens is 400 g/mol. The molecule has 0 heterocycles. The van der Waals surface area contributed by atoms with E-state index in [0.29, 0.717) is 5.69 Å². The first kappa shape index (κ1) is 22.0. The minimum Gasteiger partial charge on any atom is -0.457 e. The average Bonchev–Trinajstić information content (AvgIpc) is 2.67. The van der Waals surface area contributed by atoms with E-state index in [4.69, 9.17) is 16.3 Å². The maximum atomic E-state index is 12.1. The van der Waals surface area contributed by atoms with E-state index < -0.39 is 29.0 Å². The third-order valence-corrected chi connectivity index (χ3v) is 4.37. The lowest BCUT2D eigenvalue weighted by atomic mass is 10.1. The number of hydrogen-bond donors (Lipinski definition) is 1. The van der Waals surface area contributed by atoms with Crippen LogP contribution >= 0.6 is 11.6 Å². The summed E-state index contributed by atoms with van der Waals surface area (Å²) in [6, 6.07) is 9.20. The minimum atomic E-state index is -0.724. The summed E-state index contributed by atoms with van der Waals surface area (Å²) < 4.78 is 4.86. The van der Waals surface area contributed by atoms with Gasteiger partial charge in [0.15, 0.2) is 6.61 Å². The molecule has 1 amide bonds. The van der Waals surface area contributed by atoms with Crippen LogP contribution < -0.4 is 5.32 Å². The second kappa shape index (κ2) is 9.79. The Morgan fingerprint density at radius 3 is 2.52 bits per heavy atom. The highest BCUT2D eigenvalue weighted by Gasteiger charge is 2.18. The van der Waals surface area contributed by atoms with Crippen molar-refractivity contribution in [1.82, 2.24) is 0 Å². The molecule has 0 saturated carbocycles. The molecule has 2 aromatic rings. The monoisotopic (exact) mass is 418 g/mol. The first-order chi connectivity index (χ1) is 13.7. The third-order valence-electron chi connectivity index (χ3n) is 4.05. The van der Waals surface area contributed by atoms with Crippen LogP contribution in [0.2, 0.25) is 5.02 Å². The number of carbonyl (C=O) groups excluding carboxylic acids is 3. The van der Waals surface area contributed by atoms with Crippen molar-refractivity contribution in [2.24, 2.45) is 0 Å². The smallest absolute Gasteiger partial charge is 0.306 e. The molecule has 2 rings (SSSR count). The number of carbonyl (C=O) groups is 3. The summed E-state index contributed by atoms with van der Waals surface area (Å²) in [4.78, 5) is 46.0. The van der Waals surface area contributed by atoms with E-state index >= 15 is 0 Å². The van der Waals surface area contributed by atoms with Gasteiger partial charge in [-0.1, -0.05) is 23.7 Å². The van der Waals surface area contributed by atoms with Gasteiger partial charge in [-0.15, -0.1) is 0 Å². The number of Topliss-reactive ketones (excluding diaryl/α,β-unsaturated/α-hetero) is 1. The fraction of sp³-hybridized carbons (Fsp3) is 0.250. The van der Waals surface area contributed by atoms with Crippen molar-refractivity contribution in [3.63, 3.8) is 0 Å². The lowest BCUT2D eigenvalue weighted by Gasteiger charge is -2.09. The fourth-order valence-electron chi connectivity index (χ4n) is 2.43. The van der Waals surface area contributed by atoms with Crippen LogP contribution in [0.3, 0.4) is 0 Å². The van der Waals surface area contributed by atoms with E-state index in [1.165, 1.54) is 12.1 Å². The Morgan fingerprint density at radius 1 is 1.10 bits per heavy atom. The summed E-state index contributed by atoms with van der Waals surface area (Å²) in [5.74, 6) is -1.69. The number of hydrogen-bond acceptors (Lipinski definition) is 6. The van der Waals surface area contributed by atoms with Crippen molar-refractivity contribution >= 4 is 40.6 Å². The zero-order valence-electron chi connectivity index (χ0n) is 15.9. The van der Waals surface area contributed by atoms with Gasteiger partial charge in [0.1, 0.15) is 5.02 Å². The lowest BCUT2D eigenvalue weighted by Crippen LogP contribution is -2.18. The maximum Gasteiger partial charge on any atom is 0.306 e. The molecule has 0 unspecified atom stereocenters. The second-order valence-corrected chi connectivity index (χ2v) is 6.78. The van der Waals surface area contributed by atoms with Crippen molar-refractivity contribution in [3.05, 3.63) is 68.2 Å². The summed E-state index contributed by atoms with van der Waals surface area (Å²) in [5.41, 5.74) is 2.15. The van der Waals surface area contributed by atoms with Gasteiger partial charge in [-0.3, -0.25) is 24.5 Å². The minimum absolute atomic E-state index is 0.00145. The Kier molecular flexibility index (Phi) is 7.44. The van der Waals surface area contributed by atoms with Gasteiger partial charge in [-0.2, -0.15) is 0 Å². The Bertz CT molecular complexity index is 973. The van der Waals surface area contributed by atoms with Crippen molar-refractivity contribution in [1.29, 1.82) is 0 Å². The summed E-state index contributed by atoms with van der Waals surface area (Å²) in [6.45, 7) is 3.17. The van der Waals surface area contributed by atoms with Gasteiger partial charge in [-0.25, -0.2) is 0 Å². The highest BCUT2D eigenvalue weighted by Crippen LogP contribution is 2.25. The van der Waals surface area contributed by atoms with Crippen molar-refractivity contribution in [3.8, 4) is 0 Å². The van der Waals surface area contributed by atoms with E-state index in [2.05, 4.69) is 5.32 Å². The molecule has 2 aromatic carbocycles. The number of amides is 1. The van der Waals surface area contributed by atoms with Gasteiger partial charge in [0.25, 0.3) is 5.69 Å². The first-order valence-corrected chi connectivity index (χ1v) is 9.05. The van der Waals surface area contributed by atoms with Gasteiger partial charge in [0.05, 0.1) is 11.3 Å². The average molecular weight is 419 g/mol. The quantitative estimate of drug-likeness (QED) is 0.299. The van der Waals surface area contributed by atoms with E-state index in [9.17, 15) is 24.5 Å². The van der Waals surface area contributed by atoms with Crippen molar-refractivity contribution in [2.75, 3.05) is 11.9 Å². The van der Waals surface area contributed by atoms with E-state index in [-0.39, 0.29) is 29.3 Å². The van der Waals surface area contributed by atoms with Crippen LogP contribution in [0.1, 0.15) is 34.3 Å². The molecule has 8 nitrogen and oxygen atoms in total. The number of nitro benzene ring substituents is 1. The number of aryl methyl sites for hydroxylation is 2. The van der Waals surface area contributed by atoms with Crippen LogP contribution in [0.25, 0.3) is 0 Å². The van der Waals surface area contributed by atoms with Crippen LogP contribution in [-0.2, 0) is 14.3 Å². The predicted molar refractivity (Wildman–Crippen MR) is 107 cm³/mol. The number of esters is 1. The fourth-order valence-corrected chi connectivity index (χ4v) is 2.61. The first-order valence-electron chi connectivity index (χ1n) is 8.67. The normalized spacial score (nSPS) is 10.3. The SMILES string of the molecule is Cc1ccc(C)c(NC(=O)CCC(=O)OCC(=O)c2ccc(Cl)c([N+](=O)[O-])c2)c1. The summed E-state index contributed by atoms with van der Waals surface area (Å²) in [7, 11) is 0. The molecule has 0 saturated heterocycles. The predicted octanol–water partition coefficient (Wildman–Crippen LogP) is 4.01. The number of nitrogens with one attached hydrogen (secondary N) is 1. The Balaban J connectivity index is 1.83. The Labute approximate surface area is 172 Å². The molecule has 0 fully saturated rings. The van der Waals surface area contributed by atoms with Gasteiger partial charge >= 0.3 is 5.97 Å². The Hall–Kier alpha value is -3.26. The van der Waals surface area contributed by atoms with Crippen molar-refractivity contribution < 1.29 is 24.0 Å². The lowest BCUT2D eigenvalue weighted by molar-refractivity contribution is -0.384. The molecule has 0 radical (unpaired) electrons. The number of nitrogens with zero attached hydrogens (tertiary/aromatic N) is 1. The zero-order valence-corrected chi connectivity index (χ0v) is 16.6. The molecule has 29 heavy (non-hydrogen) atoms. The van der Waals surface area contributed by atoms with Crippen LogP contribution in [-0.4, -0.2) is 29.2 Å². The molecule has 1 N–H and O–H groups in total. The molecule has 0 bridgehead atoms. The summed E-state index contributed by atoms with van der Waals surface area (Å²) in [6.07, 6.45) is -0.308. The van der Waals surface area contributed by atoms with Gasteiger partial charge < -0.3 is 10.1 Å². The molecule has 0 aliphatic rings. The number of halogens is 1. The standard InChI is InChI=1S/C20H19ClN2O6/c1-12-3-4-13(2)16(9-12)22-19(25)7-8-20(26)29-11-18(24)14-5-6-15(21)17(10-14)23(27)28/h3-6,9-10H,7-8,11H2,1-2H3,(H,22,25). The summed E-state index contributed by atoms with van der Waals surface area (Å²) in [5, 5.41) is 13.5. The topological polar surface area (TPSA) is 116 Å².